The Kier molecular flexibility index (Phi) is 3.61. The van der Waals surface area contributed by atoms with Crippen molar-refractivity contribution >= 4 is 11.9 Å². The zero-order chi connectivity index (χ0) is 15.2. The molecule has 0 aromatic heterocycles. The SMILES string of the molecule is CCOCC1CC(C)(C)CC12C(=O)OC(C)(C)OC2=O. The molecule has 1 aliphatic carbocycles. The van der Waals surface area contributed by atoms with Crippen molar-refractivity contribution in [3.05, 3.63) is 0 Å². The summed E-state index contributed by atoms with van der Waals surface area (Å²) in [4.78, 5) is 25.1. The van der Waals surface area contributed by atoms with Gasteiger partial charge in [-0.15, -0.1) is 0 Å². The van der Waals surface area contributed by atoms with E-state index in [9.17, 15) is 9.59 Å². The van der Waals surface area contributed by atoms with Gasteiger partial charge in [0.25, 0.3) is 5.79 Å². The molecule has 1 atom stereocenters. The maximum absolute atomic E-state index is 12.5. The van der Waals surface area contributed by atoms with E-state index in [4.69, 9.17) is 14.2 Å². The fourth-order valence-electron chi connectivity index (χ4n) is 3.48. The molecule has 1 saturated carbocycles. The van der Waals surface area contributed by atoms with Gasteiger partial charge < -0.3 is 14.2 Å². The van der Waals surface area contributed by atoms with E-state index >= 15 is 0 Å². The summed E-state index contributed by atoms with van der Waals surface area (Å²) in [5, 5.41) is 0. The van der Waals surface area contributed by atoms with Crippen molar-refractivity contribution in [2.75, 3.05) is 13.2 Å². The third kappa shape index (κ3) is 2.43. The molecule has 1 aliphatic heterocycles. The van der Waals surface area contributed by atoms with Crippen LogP contribution in [-0.2, 0) is 23.8 Å². The van der Waals surface area contributed by atoms with Gasteiger partial charge in [0.05, 0.1) is 6.61 Å². The van der Waals surface area contributed by atoms with E-state index in [1.165, 1.54) is 0 Å². The van der Waals surface area contributed by atoms with Crippen molar-refractivity contribution < 1.29 is 23.8 Å². The van der Waals surface area contributed by atoms with E-state index in [1.54, 1.807) is 13.8 Å². The first-order chi connectivity index (χ1) is 9.13. The van der Waals surface area contributed by atoms with Gasteiger partial charge >= 0.3 is 11.9 Å². The molecule has 0 aromatic carbocycles. The Balaban J connectivity index is 2.34. The Morgan fingerprint density at radius 3 is 2.20 bits per heavy atom. The van der Waals surface area contributed by atoms with Crippen LogP contribution in [0.1, 0.15) is 47.5 Å². The van der Waals surface area contributed by atoms with Gasteiger partial charge in [0.15, 0.2) is 5.41 Å². The summed E-state index contributed by atoms with van der Waals surface area (Å²) in [7, 11) is 0. The summed E-state index contributed by atoms with van der Waals surface area (Å²) in [6.45, 7) is 10.1. The highest BCUT2D eigenvalue weighted by atomic mass is 16.7. The molecule has 0 aromatic rings. The summed E-state index contributed by atoms with van der Waals surface area (Å²) < 4.78 is 16.2. The first kappa shape index (κ1) is 15.3. The van der Waals surface area contributed by atoms with Crippen LogP contribution in [0.3, 0.4) is 0 Å². The van der Waals surface area contributed by atoms with Crippen LogP contribution in [0.4, 0.5) is 0 Å². The van der Waals surface area contributed by atoms with Gasteiger partial charge in [0, 0.05) is 26.4 Å². The quantitative estimate of drug-likeness (QED) is 0.587. The van der Waals surface area contributed by atoms with Gasteiger partial charge in [-0.3, -0.25) is 9.59 Å². The zero-order valence-electron chi connectivity index (χ0n) is 12.9. The van der Waals surface area contributed by atoms with Crippen molar-refractivity contribution in [3.8, 4) is 0 Å². The van der Waals surface area contributed by atoms with Crippen LogP contribution in [0.15, 0.2) is 0 Å². The summed E-state index contributed by atoms with van der Waals surface area (Å²) in [6, 6.07) is 0. The van der Waals surface area contributed by atoms with Crippen LogP contribution in [0.25, 0.3) is 0 Å². The lowest BCUT2D eigenvalue weighted by Gasteiger charge is -2.41. The van der Waals surface area contributed by atoms with Crippen molar-refractivity contribution in [3.63, 3.8) is 0 Å². The minimum Gasteiger partial charge on any atom is -0.422 e. The molecule has 5 nitrogen and oxygen atoms in total. The third-order valence-electron chi connectivity index (χ3n) is 4.18. The molecule has 1 saturated heterocycles. The Morgan fingerprint density at radius 2 is 1.70 bits per heavy atom. The van der Waals surface area contributed by atoms with Crippen molar-refractivity contribution in [1.29, 1.82) is 0 Å². The molecule has 114 valence electrons. The second kappa shape index (κ2) is 4.72. The highest BCUT2D eigenvalue weighted by Gasteiger charge is 2.66. The lowest BCUT2D eigenvalue weighted by atomic mass is 9.76. The molecule has 5 heteroatoms. The molecular formula is C15H24O5. The Labute approximate surface area is 120 Å². The van der Waals surface area contributed by atoms with Gasteiger partial charge in [-0.2, -0.15) is 0 Å². The predicted octanol–water partition coefficient (Wildman–Crippen LogP) is 2.28. The number of carbonyl (C=O) groups is 2. The summed E-state index contributed by atoms with van der Waals surface area (Å²) >= 11 is 0. The predicted molar refractivity (Wildman–Crippen MR) is 71.7 cm³/mol. The van der Waals surface area contributed by atoms with E-state index in [2.05, 4.69) is 13.8 Å². The second-order valence-corrected chi connectivity index (χ2v) is 7.05. The molecule has 2 rings (SSSR count). The Bertz CT molecular complexity index is 404. The summed E-state index contributed by atoms with van der Waals surface area (Å²) in [6.07, 6.45) is 1.20. The highest BCUT2D eigenvalue weighted by molar-refractivity contribution is 6.02. The molecule has 1 spiro atoms. The van der Waals surface area contributed by atoms with Crippen LogP contribution in [-0.4, -0.2) is 30.9 Å². The molecule has 2 aliphatic rings. The number of cyclic esters (lactones) is 2. The van der Waals surface area contributed by atoms with E-state index in [0.29, 0.717) is 19.6 Å². The second-order valence-electron chi connectivity index (χ2n) is 7.05. The largest absolute Gasteiger partial charge is 0.422 e. The van der Waals surface area contributed by atoms with Gasteiger partial charge in [-0.05, 0) is 25.2 Å². The number of hydrogen-bond acceptors (Lipinski definition) is 5. The first-order valence-corrected chi connectivity index (χ1v) is 7.18. The van der Waals surface area contributed by atoms with Crippen LogP contribution >= 0.6 is 0 Å². The van der Waals surface area contributed by atoms with Crippen LogP contribution in [0.5, 0.6) is 0 Å². The maximum atomic E-state index is 12.5. The summed E-state index contributed by atoms with van der Waals surface area (Å²) in [5.41, 5.74) is -1.31. The van der Waals surface area contributed by atoms with E-state index < -0.39 is 23.1 Å². The topological polar surface area (TPSA) is 61.8 Å². The highest BCUT2D eigenvalue weighted by Crippen LogP contribution is 2.56. The number of hydrogen-bond donors (Lipinski definition) is 0. The van der Waals surface area contributed by atoms with Gasteiger partial charge in [0.1, 0.15) is 0 Å². The van der Waals surface area contributed by atoms with Crippen LogP contribution in [0.2, 0.25) is 0 Å². The van der Waals surface area contributed by atoms with Crippen molar-refractivity contribution in [2.24, 2.45) is 16.7 Å². The Morgan fingerprint density at radius 1 is 1.15 bits per heavy atom. The minimum atomic E-state index is -1.20. The molecular weight excluding hydrogens is 260 g/mol. The van der Waals surface area contributed by atoms with E-state index in [0.717, 1.165) is 6.42 Å². The molecule has 0 radical (unpaired) electrons. The average molecular weight is 284 g/mol. The fraction of sp³-hybridized carbons (Fsp3) is 0.867. The number of rotatable bonds is 3. The van der Waals surface area contributed by atoms with Crippen LogP contribution in [0, 0.1) is 16.7 Å². The lowest BCUT2D eigenvalue weighted by molar-refractivity contribution is -0.255. The smallest absolute Gasteiger partial charge is 0.327 e. The van der Waals surface area contributed by atoms with Crippen molar-refractivity contribution in [2.45, 2.75) is 53.2 Å². The standard InChI is InChI=1S/C15H24O5/c1-6-18-8-10-7-13(2,3)9-15(10)11(16)19-14(4,5)20-12(15)17/h10H,6-9H2,1-5H3. The van der Waals surface area contributed by atoms with Crippen LogP contribution < -0.4 is 0 Å². The molecule has 2 fully saturated rings. The van der Waals surface area contributed by atoms with E-state index in [1.807, 2.05) is 6.92 Å². The van der Waals surface area contributed by atoms with Gasteiger partial charge in [-0.1, -0.05) is 13.8 Å². The number of esters is 2. The van der Waals surface area contributed by atoms with Gasteiger partial charge in [0.2, 0.25) is 0 Å². The maximum Gasteiger partial charge on any atom is 0.327 e. The zero-order valence-corrected chi connectivity index (χ0v) is 12.9. The molecule has 0 bridgehead atoms. The number of ether oxygens (including phenoxy) is 3. The average Bonchev–Trinajstić information content (AvgIpc) is 2.56. The first-order valence-electron chi connectivity index (χ1n) is 7.18. The minimum absolute atomic E-state index is 0.110. The van der Waals surface area contributed by atoms with Gasteiger partial charge in [-0.25, -0.2) is 0 Å². The molecule has 20 heavy (non-hydrogen) atoms. The number of carbonyl (C=O) groups excluding carboxylic acids is 2. The van der Waals surface area contributed by atoms with E-state index in [-0.39, 0.29) is 11.3 Å². The molecule has 1 heterocycles. The normalized spacial score (nSPS) is 30.1. The fourth-order valence-corrected chi connectivity index (χ4v) is 3.48. The third-order valence-corrected chi connectivity index (χ3v) is 4.18. The Hall–Kier alpha value is -1.10. The summed E-state index contributed by atoms with van der Waals surface area (Å²) in [5.74, 6) is -2.29. The molecule has 1 unspecified atom stereocenters. The van der Waals surface area contributed by atoms with Crippen molar-refractivity contribution in [1.82, 2.24) is 0 Å². The lowest BCUT2D eigenvalue weighted by Crippen LogP contribution is -2.56. The monoisotopic (exact) mass is 284 g/mol. The molecule has 0 amide bonds. The molecule has 0 N–H and O–H groups in total.